The maximum Gasteiger partial charge on any atom is 0.180 e. The molecule has 3 heterocycles. The van der Waals surface area contributed by atoms with Crippen LogP contribution in [0.1, 0.15) is 57.7 Å². The van der Waals surface area contributed by atoms with Crippen molar-refractivity contribution < 1.29 is 19.4 Å². The van der Waals surface area contributed by atoms with Crippen molar-refractivity contribution in [3.05, 3.63) is 29.6 Å². The van der Waals surface area contributed by atoms with E-state index < -0.39 is 5.60 Å². The van der Waals surface area contributed by atoms with Crippen LogP contribution >= 0.6 is 0 Å². The Bertz CT molecular complexity index is 1030. The number of hydrogen-bond donors (Lipinski definition) is 1. The molecule has 8 nitrogen and oxygen atoms in total. The lowest BCUT2D eigenvalue weighted by Crippen LogP contribution is -2.41. The predicted octanol–water partition coefficient (Wildman–Crippen LogP) is 3.39. The smallest absolute Gasteiger partial charge is 0.180 e. The Labute approximate surface area is 201 Å². The number of rotatable bonds is 8. The summed E-state index contributed by atoms with van der Waals surface area (Å²) in [7, 11) is 1.92. The molecule has 0 spiro atoms. The van der Waals surface area contributed by atoms with E-state index in [1.807, 2.05) is 18.0 Å². The van der Waals surface area contributed by atoms with E-state index in [2.05, 4.69) is 25.8 Å². The highest BCUT2D eigenvalue weighted by molar-refractivity contribution is 5.84. The van der Waals surface area contributed by atoms with Crippen LogP contribution in [-0.2, 0) is 22.4 Å². The van der Waals surface area contributed by atoms with Crippen LogP contribution in [0.3, 0.4) is 0 Å². The summed E-state index contributed by atoms with van der Waals surface area (Å²) >= 11 is 0. The molecule has 4 rings (SSSR count). The van der Waals surface area contributed by atoms with Crippen LogP contribution in [0.4, 0.5) is 5.82 Å². The van der Waals surface area contributed by atoms with E-state index in [1.165, 1.54) is 0 Å². The summed E-state index contributed by atoms with van der Waals surface area (Å²) in [6.07, 6.45) is 6.16. The Morgan fingerprint density at radius 1 is 1.24 bits per heavy atom. The molecule has 2 aliphatic rings. The van der Waals surface area contributed by atoms with Gasteiger partial charge in [-0.05, 0) is 30.7 Å². The standard InChI is InChI=1S/C26H36N4O4/c1-25(2,3)15-18(31)16-30(4)24-20-6-5-7-21(20)28-23(29-24)22-14-19(8-11-27-22)34-17-26(32)9-12-33-13-10-26/h8,11,14,32H,5-7,9-10,12-13,15-17H2,1-4H3. The lowest BCUT2D eigenvalue weighted by molar-refractivity contribution is -0.119. The second-order valence-electron chi connectivity index (χ2n) is 10.8. The zero-order chi connectivity index (χ0) is 24.3. The second kappa shape index (κ2) is 9.96. The summed E-state index contributed by atoms with van der Waals surface area (Å²) in [4.78, 5) is 28.7. The van der Waals surface area contributed by atoms with Gasteiger partial charge in [0.05, 0.1) is 6.54 Å². The highest BCUT2D eigenvalue weighted by Crippen LogP contribution is 2.32. The molecule has 0 unspecified atom stereocenters. The molecule has 1 N–H and O–H groups in total. The monoisotopic (exact) mass is 468 g/mol. The van der Waals surface area contributed by atoms with Crippen molar-refractivity contribution in [3.63, 3.8) is 0 Å². The van der Waals surface area contributed by atoms with E-state index in [0.29, 0.717) is 56.3 Å². The molecule has 1 aliphatic carbocycles. The van der Waals surface area contributed by atoms with Gasteiger partial charge in [-0.1, -0.05) is 20.8 Å². The predicted molar refractivity (Wildman–Crippen MR) is 130 cm³/mol. The molecule has 34 heavy (non-hydrogen) atoms. The SMILES string of the molecule is CN(CC(=O)CC(C)(C)C)c1nc(-c2cc(OCC3(O)CCOCC3)ccn2)nc2c1CCC2. The number of likely N-dealkylation sites (N-methyl/N-ethyl adjacent to an activating group) is 1. The Morgan fingerprint density at radius 2 is 2.00 bits per heavy atom. The zero-order valence-corrected chi connectivity index (χ0v) is 20.8. The number of anilines is 1. The molecule has 8 heteroatoms. The average molecular weight is 469 g/mol. The van der Waals surface area contributed by atoms with Crippen LogP contribution in [-0.4, -0.2) is 64.9 Å². The fourth-order valence-corrected chi connectivity index (χ4v) is 4.57. The molecule has 0 amide bonds. The van der Waals surface area contributed by atoms with Gasteiger partial charge < -0.3 is 19.5 Å². The van der Waals surface area contributed by atoms with Gasteiger partial charge in [-0.2, -0.15) is 0 Å². The van der Waals surface area contributed by atoms with E-state index in [9.17, 15) is 9.90 Å². The lowest BCUT2D eigenvalue weighted by atomic mass is 9.90. The summed E-state index contributed by atoms with van der Waals surface area (Å²) in [5.41, 5.74) is 1.85. The Hall–Kier alpha value is -2.58. The Kier molecular flexibility index (Phi) is 7.19. The normalized spacial score (nSPS) is 17.3. The van der Waals surface area contributed by atoms with E-state index in [-0.39, 0.29) is 17.8 Å². The third-order valence-electron chi connectivity index (χ3n) is 6.31. The number of carbonyl (C=O) groups excluding carboxylic acids is 1. The van der Waals surface area contributed by atoms with Crippen LogP contribution in [0.15, 0.2) is 18.3 Å². The van der Waals surface area contributed by atoms with E-state index in [1.54, 1.807) is 12.3 Å². The number of fused-ring (bicyclic) bond motifs is 1. The highest BCUT2D eigenvalue weighted by atomic mass is 16.5. The summed E-state index contributed by atoms with van der Waals surface area (Å²) in [5.74, 6) is 2.15. The second-order valence-corrected chi connectivity index (χ2v) is 10.8. The largest absolute Gasteiger partial charge is 0.490 e. The third-order valence-corrected chi connectivity index (χ3v) is 6.31. The Balaban J connectivity index is 1.54. The summed E-state index contributed by atoms with van der Waals surface area (Å²) < 4.78 is 11.3. The molecule has 1 saturated heterocycles. The number of nitrogens with zero attached hydrogens (tertiary/aromatic N) is 4. The molecule has 184 valence electrons. The van der Waals surface area contributed by atoms with Crippen LogP contribution in [0, 0.1) is 5.41 Å². The summed E-state index contributed by atoms with van der Waals surface area (Å²) in [6.45, 7) is 7.83. The Morgan fingerprint density at radius 3 is 2.74 bits per heavy atom. The number of hydrogen-bond acceptors (Lipinski definition) is 8. The van der Waals surface area contributed by atoms with E-state index >= 15 is 0 Å². The minimum Gasteiger partial charge on any atom is -0.490 e. The number of aliphatic hydroxyl groups is 1. The van der Waals surface area contributed by atoms with Crippen molar-refractivity contribution in [3.8, 4) is 17.3 Å². The number of carbonyl (C=O) groups is 1. The minimum atomic E-state index is -0.874. The van der Waals surface area contributed by atoms with Crippen molar-refractivity contribution >= 4 is 11.6 Å². The van der Waals surface area contributed by atoms with Crippen molar-refractivity contribution in [2.24, 2.45) is 5.41 Å². The summed E-state index contributed by atoms with van der Waals surface area (Å²) in [5, 5.41) is 10.7. The van der Waals surface area contributed by atoms with Crippen LogP contribution in [0.2, 0.25) is 0 Å². The first kappa shape index (κ1) is 24.5. The molecular formula is C26H36N4O4. The first-order chi connectivity index (χ1) is 16.1. The van der Waals surface area contributed by atoms with Crippen molar-refractivity contribution in [1.82, 2.24) is 15.0 Å². The zero-order valence-electron chi connectivity index (χ0n) is 20.8. The van der Waals surface area contributed by atoms with Crippen molar-refractivity contribution in [2.75, 3.05) is 38.3 Å². The van der Waals surface area contributed by atoms with E-state index in [0.717, 1.165) is 36.3 Å². The highest BCUT2D eigenvalue weighted by Gasteiger charge is 2.31. The van der Waals surface area contributed by atoms with Crippen LogP contribution < -0.4 is 9.64 Å². The van der Waals surface area contributed by atoms with Gasteiger partial charge in [0.1, 0.15) is 29.5 Å². The molecular weight excluding hydrogens is 432 g/mol. The fourth-order valence-electron chi connectivity index (χ4n) is 4.57. The van der Waals surface area contributed by atoms with Crippen LogP contribution in [0.5, 0.6) is 5.75 Å². The molecule has 0 aromatic carbocycles. The minimum absolute atomic E-state index is 0.0428. The first-order valence-corrected chi connectivity index (χ1v) is 12.1. The maximum atomic E-state index is 12.6. The molecule has 1 aliphatic heterocycles. The quantitative estimate of drug-likeness (QED) is 0.630. The lowest BCUT2D eigenvalue weighted by Gasteiger charge is -2.31. The first-order valence-electron chi connectivity index (χ1n) is 12.1. The molecule has 2 aromatic heterocycles. The molecule has 1 fully saturated rings. The molecule has 0 radical (unpaired) electrons. The number of Topliss-reactive ketones (excluding diaryl/α,β-unsaturated/α-hetero) is 1. The van der Waals surface area contributed by atoms with Crippen molar-refractivity contribution in [1.29, 1.82) is 0 Å². The number of aryl methyl sites for hydroxylation is 1. The number of aromatic nitrogens is 3. The van der Waals surface area contributed by atoms with Gasteiger partial charge in [-0.25, -0.2) is 9.97 Å². The van der Waals surface area contributed by atoms with E-state index in [4.69, 9.17) is 19.4 Å². The van der Waals surface area contributed by atoms with Gasteiger partial charge in [0.15, 0.2) is 11.6 Å². The van der Waals surface area contributed by atoms with Gasteiger partial charge in [0.25, 0.3) is 0 Å². The van der Waals surface area contributed by atoms with Gasteiger partial charge in [0, 0.05) is 63.0 Å². The third kappa shape index (κ3) is 6.10. The topological polar surface area (TPSA) is 97.7 Å². The fraction of sp³-hybridized carbons (Fsp3) is 0.615. The number of pyridine rings is 1. The van der Waals surface area contributed by atoms with Crippen LogP contribution in [0.25, 0.3) is 11.5 Å². The molecule has 0 saturated carbocycles. The average Bonchev–Trinajstić information content (AvgIpc) is 3.25. The number of ketones is 1. The molecule has 0 atom stereocenters. The molecule has 0 bridgehead atoms. The van der Waals surface area contributed by atoms with Gasteiger partial charge in [-0.3, -0.25) is 9.78 Å². The van der Waals surface area contributed by atoms with Gasteiger partial charge in [0.2, 0.25) is 0 Å². The summed E-state index contributed by atoms with van der Waals surface area (Å²) in [6, 6.07) is 3.59. The van der Waals surface area contributed by atoms with Crippen molar-refractivity contribution in [2.45, 2.75) is 64.9 Å². The maximum absolute atomic E-state index is 12.6. The number of ether oxygens (including phenoxy) is 2. The molecule has 2 aromatic rings. The van der Waals surface area contributed by atoms with Gasteiger partial charge >= 0.3 is 0 Å². The van der Waals surface area contributed by atoms with Gasteiger partial charge in [-0.15, -0.1) is 0 Å².